The highest BCUT2D eigenvalue weighted by atomic mass is 19.2. The highest BCUT2D eigenvalue weighted by molar-refractivity contribution is 4.97. The van der Waals surface area contributed by atoms with Gasteiger partial charge >= 0.3 is 0 Å². The first-order chi connectivity index (χ1) is 15.3. The second-order valence-electron chi connectivity index (χ2n) is 11.4. The van der Waals surface area contributed by atoms with E-state index in [9.17, 15) is 13.2 Å². The first-order valence-corrected chi connectivity index (χ1v) is 13.9. The minimum atomic E-state index is -1.64. The number of rotatable bonds is 13. The zero-order chi connectivity index (χ0) is 23.7. The maximum absolute atomic E-state index is 15.0. The molecule has 0 bridgehead atoms. The molecule has 0 N–H and O–H groups in total. The third-order valence-electron chi connectivity index (χ3n) is 8.77. The summed E-state index contributed by atoms with van der Waals surface area (Å²) in [6.45, 7) is 8.53. The standard InChI is InChI=1S/C28H50F4/c1-5-9-19(3)11-7-12-21(10-6-2)13-8-14-22-16-18-24(28(32)26(22)30)23-17-15-20(4)25(29)27(23)31/h19-28H,5-18H2,1-4H3. The van der Waals surface area contributed by atoms with Crippen molar-refractivity contribution in [1.29, 1.82) is 0 Å². The van der Waals surface area contributed by atoms with Crippen LogP contribution in [0.3, 0.4) is 0 Å². The molecule has 0 aliphatic heterocycles. The minimum absolute atomic E-state index is 0.255. The molecule has 0 nitrogen and oxygen atoms in total. The van der Waals surface area contributed by atoms with E-state index >= 15 is 4.39 Å². The van der Waals surface area contributed by atoms with E-state index in [1.54, 1.807) is 6.92 Å². The van der Waals surface area contributed by atoms with E-state index in [1.807, 2.05) is 0 Å². The number of hydrogen-bond acceptors (Lipinski definition) is 0. The fourth-order valence-corrected chi connectivity index (χ4v) is 6.65. The van der Waals surface area contributed by atoms with Crippen LogP contribution in [-0.4, -0.2) is 24.7 Å². The zero-order valence-electron chi connectivity index (χ0n) is 21.2. The highest BCUT2D eigenvalue weighted by Crippen LogP contribution is 2.46. The predicted molar refractivity (Wildman–Crippen MR) is 128 cm³/mol. The fraction of sp³-hybridized carbons (Fsp3) is 1.00. The van der Waals surface area contributed by atoms with Crippen molar-refractivity contribution in [3.05, 3.63) is 0 Å². The Balaban J connectivity index is 1.77. The average Bonchev–Trinajstić information content (AvgIpc) is 2.76. The molecule has 0 saturated heterocycles. The molecule has 0 spiro atoms. The lowest BCUT2D eigenvalue weighted by molar-refractivity contribution is -0.0599. The van der Waals surface area contributed by atoms with Crippen LogP contribution >= 0.6 is 0 Å². The van der Waals surface area contributed by atoms with Crippen molar-refractivity contribution >= 4 is 0 Å². The lowest BCUT2D eigenvalue weighted by atomic mass is 9.66. The van der Waals surface area contributed by atoms with Crippen LogP contribution in [0.5, 0.6) is 0 Å². The Hall–Kier alpha value is -0.280. The summed E-state index contributed by atoms with van der Waals surface area (Å²) in [5.74, 6) is -0.380. The summed E-state index contributed by atoms with van der Waals surface area (Å²) in [5, 5.41) is 0. The van der Waals surface area contributed by atoms with Crippen LogP contribution in [0.25, 0.3) is 0 Å². The van der Waals surface area contributed by atoms with E-state index in [-0.39, 0.29) is 11.8 Å². The molecule has 0 amide bonds. The molecule has 10 unspecified atom stereocenters. The quantitative estimate of drug-likeness (QED) is 0.239. The van der Waals surface area contributed by atoms with Gasteiger partial charge in [0.25, 0.3) is 0 Å². The lowest BCUT2D eigenvalue weighted by Gasteiger charge is -2.43. The summed E-state index contributed by atoms with van der Waals surface area (Å²) in [4.78, 5) is 0. The normalized spacial score (nSPS) is 37.9. The van der Waals surface area contributed by atoms with Gasteiger partial charge in [-0.2, -0.15) is 0 Å². The van der Waals surface area contributed by atoms with E-state index in [2.05, 4.69) is 20.8 Å². The van der Waals surface area contributed by atoms with Crippen LogP contribution in [-0.2, 0) is 0 Å². The van der Waals surface area contributed by atoms with Crippen LogP contribution in [0.2, 0.25) is 0 Å². The van der Waals surface area contributed by atoms with Crippen molar-refractivity contribution in [2.45, 2.75) is 142 Å². The average molecular weight is 463 g/mol. The topological polar surface area (TPSA) is 0 Å². The molecule has 10 atom stereocenters. The van der Waals surface area contributed by atoms with Crippen LogP contribution < -0.4 is 0 Å². The highest BCUT2D eigenvalue weighted by Gasteiger charge is 2.49. The van der Waals surface area contributed by atoms with E-state index in [0.717, 1.165) is 25.2 Å². The zero-order valence-corrected chi connectivity index (χ0v) is 21.2. The molecule has 0 radical (unpaired) electrons. The molecule has 0 heterocycles. The van der Waals surface area contributed by atoms with Gasteiger partial charge in [0.1, 0.15) is 24.7 Å². The van der Waals surface area contributed by atoms with Crippen molar-refractivity contribution in [2.24, 2.45) is 35.5 Å². The van der Waals surface area contributed by atoms with Crippen molar-refractivity contribution in [1.82, 2.24) is 0 Å². The first-order valence-electron chi connectivity index (χ1n) is 13.9. The molecule has 32 heavy (non-hydrogen) atoms. The van der Waals surface area contributed by atoms with Gasteiger partial charge < -0.3 is 0 Å². The molecular weight excluding hydrogens is 412 g/mol. The van der Waals surface area contributed by atoms with Crippen molar-refractivity contribution < 1.29 is 17.6 Å². The van der Waals surface area contributed by atoms with Crippen molar-refractivity contribution in [3.8, 4) is 0 Å². The van der Waals surface area contributed by atoms with Crippen LogP contribution in [0.4, 0.5) is 17.6 Å². The van der Waals surface area contributed by atoms with Crippen LogP contribution in [0.15, 0.2) is 0 Å². The van der Waals surface area contributed by atoms with Crippen molar-refractivity contribution in [3.63, 3.8) is 0 Å². The number of hydrogen-bond donors (Lipinski definition) is 0. The summed E-state index contributed by atoms with van der Waals surface area (Å²) in [5.41, 5.74) is 0. The van der Waals surface area contributed by atoms with Gasteiger partial charge in [-0.25, -0.2) is 17.6 Å². The molecule has 2 fully saturated rings. The summed E-state index contributed by atoms with van der Waals surface area (Å²) in [6, 6.07) is 0. The molecule has 0 aromatic rings. The SMILES string of the molecule is CCCC(C)CCCC(CCC)CCCC1CCC(C2CCC(C)C(F)C2F)C(F)C1F. The molecule has 2 aliphatic rings. The summed E-state index contributed by atoms with van der Waals surface area (Å²) in [6.07, 6.45) is 7.44. The molecule has 0 aromatic carbocycles. The molecule has 0 aromatic heterocycles. The largest absolute Gasteiger partial charge is 0.244 e. The van der Waals surface area contributed by atoms with E-state index in [0.29, 0.717) is 31.6 Å². The third-order valence-corrected chi connectivity index (χ3v) is 8.77. The van der Waals surface area contributed by atoms with E-state index in [1.165, 1.54) is 44.9 Å². The van der Waals surface area contributed by atoms with Gasteiger partial charge in [0.15, 0.2) is 0 Å². The Morgan fingerprint density at radius 1 is 0.656 bits per heavy atom. The molecule has 2 aliphatic carbocycles. The Labute approximate surface area is 195 Å². The number of alkyl halides is 4. The molecule has 190 valence electrons. The van der Waals surface area contributed by atoms with Crippen molar-refractivity contribution in [2.75, 3.05) is 0 Å². The summed E-state index contributed by atoms with van der Waals surface area (Å²) < 4.78 is 58.7. The van der Waals surface area contributed by atoms with Gasteiger partial charge in [-0.05, 0) is 67.6 Å². The Bertz CT molecular complexity index is 498. The van der Waals surface area contributed by atoms with Gasteiger partial charge in [0, 0.05) is 0 Å². The summed E-state index contributed by atoms with van der Waals surface area (Å²) >= 11 is 0. The van der Waals surface area contributed by atoms with E-state index in [4.69, 9.17) is 0 Å². The molecule has 2 saturated carbocycles. The fourth-order valence-electron chi connectivity index (χ4n) is 6.65. The lowest BCUT2D eigenvalue weighted by Crippen LogP contribution is -2.48. The van der Waals surface area contributed by atoms with E-state index < -0.39 is 36.5 Å². The third kappa shape index (κ3) is 7.90. The van der Waals surface area contributed by atoms with Crippen LogP contribution in [0.1, 0.15) is 118 Å². The smallest absolute Gasteiger partial charge is 0.135 e. The number of halogens is 4. The van der Waals surface area contributed by atoms with Gasteiger partial charge in [0.2, 0.25) is 0 Å². The maximum Gasteiger partial charge on any atom is 0.135 e. The molecular formula is C28H50F4. The Morgan fingerprint density at radius 2 is 1.25 bits per heavy atom. The Morgan fingerprint density at radius 3 is 1.91 bits per heavy atom. The maximum atomic E-state index is 15.0. The molecule has 4 heteroatoms. The second kappa shape index (κ2) is 14.2. The van der Waals surface area contributed by atoms with Gasteiger partial charge in [-0.3, -0.25) is 0 Å². The Kier molecular flexibility index (Phi) is 12.4. The second-order valence-corrected chi connectivity index (χ2v) is 11.4. The first kappa shape index (κ1) is 28.0. The minimum Gasteiger partial charge on any atom is -0.244 e. The monoisotopic (exact) mass is 462 g/mol. The summed E-state index contributed by atoms with van der Waals surface area (Å²) in [7, 11) is 0. The molecule has 2 rings (SSSR count). The predicted octanol–water partition coefficient (Wildman–Crippen LogP) is 9.60. The van der Waals surface area contributed by atoms with Crippen LogP contribution in [0, 0.1) is 35.5 Å². The van der Waals surface area contributed by atoms with Gasteiger partial charge in [-0.1, -0.05) is 85.5 Å². The van der Waals surface area contributed by atoms with Gasteiger partial charge in [-0.15, -0.1) is 0 Å². The van der Waals surface area contributed by atoms with Gasteiger partial charge in [0.05, 0.1) is 0 Å².